The van der Waals surface area contributed by atoms with Crippen LogP contribution in [0.15, 0.2) is 24.3 Å². The van der Waals surface area contributed by atoms with Gasteiger partial charge in [0.05, 0.1) is 0 Å². The Kier molecular flexibility index (Phi) is 4.35. The van der Waals surface area contributed by atoms with E-state index < -0.39 is 20.7 Å². The summed E-state index contributed by atoms with van der Waals surface area (Å²) in [6.07, 6.45) is -1.19. The molecular formula is C11H15ClO3S. The van der Waals surface area contributed by atoms with Crippen molar-refractivity contribution in [3.63, 3.8) is 0 Å². The molecule has 0 aliphatic heterocycles. The molecule has 16 heavy (non-hydrogen) atoms. The molecule has 0 aliphatic rings. The minimum absolute atomic E-state index is 0.0793. The Morgan fingerprint density at radius 3 is 2.25 bits per heavy atom. The number of hydrogen-bond donors (Lipinski definition) is 1. The molecular weight excluding hydrogens is 248 g/mol. The SMILES string of the molecule is CCS(=O)(=O)[C@H](Cl)[C@@H](O)c1ccc(C)cc1. The standard InChI is InChI=1S/C11H15ClO3S/c1-3-16(14,15)11(12)10(13)9-6-4-8(2)5-7-9/h4-7,10-11,13H,3H2,1-2H3/t10-,11-/m0/s1. The van der Waals surface area contributed by atoms with E-state index in [2.05, 4.69) is 0 Å². The molecule has 1 aromatic carbocycles. The van der Waals surface area contributed by atoms with Crippen molar-refractivity contribution in [1.29, 1.82) is 0 Å². The van der Waals surface area contributed by atoms with Crippen LogP contribution in [0.3, 0.4) is 0 Å². The molecule has 1 aromatic rings. The summed E-state index contributed by atoms with van der Waals surface area (Å²) in [5.41, 5.74) is 1.56. The van der Waals surface area contributed by atoms with Crippen molar-refractivity contribution < 1.29 is 13.5 Å². The van der Waals surface area contributed by atoms with Crippen LogP contribution in [-0.4, -0.2) is 24.0 Å². The lowest BCUT2D eigenvalue weighted by molar-refractivity contribution is 0.191. The molecule has 0 aliphatic carbocycles. The van der Waals surface area contributed by atoms with Crippen molar-refractivity contribution >= 4 is 21.4 Å². The van der Waals surface area contributed by atoms with Crippen LogP contribution < -0.4 is 0 Å². The first-order chi connectivity index (χ1) is 7.38. The lowest BCUT2D eigenvalue weighted by atomic mass is 10.1. The maximum Gasteiger partial charge on any atom is 0.169 e. The van der Waals surface area contributed by atoms with Crippen molar-refractivity contribution in [2.75, 3.05) is 5.75 Å². The Balaban J connectivity index is 2.94. The van der Waals surface area contributed by atoms with Gasteiger partial charge in [0.1, 0.15) is 6.10 Å². The Labute approximate surface area is 101 Å². The van der Waals surface area contributed by atoms with Gasteiger partial charge in [-0.1, -0.05) is 36.8 Å². The van der Waals surface area contributed by atoms with Crippen LogP contribution >= 0.6 is 11.6 Å². The van der Waals surface area contributed by atoms with Crippen LogP contribution in [0.5, 0.6) is 0 Å². The summed E-state index contributed by atoms with van der Waals surface area (Å²) >= 11 is 5.76. The summed E-state index contributed by atoms with van der Waals surface area (Å²) in [6, 6.07) is 6.97. The first-order valence-electron chi connectivity index (χ1n) is 4.98. The highest BCUT2D eigenvalue weighted by Crippen LogP contribution is 2.25. The first kappa shape index (κ1) is 13.5. The zero-order valence-electron chi connectivity index (χ0n) is 9.22. The largest absolute Gasteiger partial charge is 0.386 e. The monoisotopic (exact) mass is 262 g/mol. The van der Waals surface area contributed by atoms with E-state index >= 15 is 0 Å². The average Bonchev–Trinajstić information content (AvgIpc) is 2.28. The molecule has 0 fully saturated rings. The minimum Gasteiger partial charge on any atom is -0.386 e. The fourth-order valence-corrected chi connectivity index (χ4v) is 2.66. The fraction of sp³-hybridized carbons (Fsp3) is 0.455. The van der Waals surface area contributed by atoms with Gasteiger partial charge in [-0.2, -0.15) is 0 Å². The summed E-state index contributed by atoms with van der Waals surface area (Å²) in [6.45, 7) is 3.42. The van der Waals surface area contributed by atoms with Gasteiger partial charge in [-0.05, 0) is 12.5 Å². The third-order valence-corrected chi connectivity index (χ3v) is 5.21. The highest BCUT2D eigenvalue weighted by Gasteiger charge is 2.29. The van der Waals surface area contributed by atoms with Crippen molar-refractivity contribution in [2.24, 2.45) is 0 Å². The van der Waals surface area contributed by atoms with Gasteiger partial charge in [0.15, 0.2) is 14.5 Å². The molecule has 5 heteroatoms. The summed E-state index contributed by atoms with van der Waals surface area (Å²) < 4.78 is 21.7. The van der Waals surface area contributed by atoms with Gasteiger partial charge in [0, 0.05) is 5.75 Å². The van der Waals surface area contributed by atoms with Gasteiger partial charge in [-0.25, -0.2) is 8.42 Å². The topological polar surface area (TPSA) is 54.4 Å². The second-order valence-corrected chi connectivity index (χ2v) is 6.80. The highest BCUT2D eigenvalue weighted by molar-refractivity contribution is 7.93. The zero-order chi connectivity index (χ0) is 12.3. The number of sulfone groups is 1. The summed E-state index contributed by atoms with van der Waals surface area (Å²) in [5.74, 6) is -0.0793. The molecule has 0 bridgehead atoms. The second kappa shape index (κ2) is 5.17. The number of aryl methyl sites for hydroxylation is 1. The molecule has 0 spiro atoms. The van der Waals surface area contributed by atoms with Gasteiger partial charge in [0.2, 0.25) is 0 Å². The third-order valence-electron chi connectivity index (χ3n) is 2.41. The lowest BCUT2D eigenvalue weighted by Gasteiger charge is -2.17. The Morgan fingerprint density at radius 2 is 1.81 bits per heavy atom. The van der Waals surface area contributed by atoms with Gasteiger partial charge in [-0.3, -0.25) is 0 Å². The van der Waals surface area contributed by atoms with E-state index in [1.54, 1.807) is 24.3 Å². The van der Waals surface area contributed by atoms with Crippen LogP contribution in [0, 0.1) is 6.92 Å². The van der Waals surface area contributed by atoms with Crippen molar-refractivity contribution in [3.8, 4) is 0 Å². The number of aliphatic hydroxyl groups is 1. The third kappa shape index (κ3) is 2.97. The average molecular weight is 263 g/mol. The predicted molar refractivity (Wildman–Crippen MR) is 65.2 cm³/mol. The molecule has 0 unspecified atom stereocenters. The number of alkyl halides is 1. The number of halogens is 1. The molecule has 0 saturated carbocycles. The number of benzene rings is 1. The molecule has 90 valence electrons. The fourth-order valence-electron chi connectivity index (χ4n) is 1.27. The zero-order valence-corrected chi connectivity index (χ0v) is 10.8. The maximum absolute atomic E-state index is 11.5. The molecule has 0 heterocycles. The Bertz CT molecular complexity index is 439. The van der Waals surface area contributed by atoms with E-state index in [0.29, 0.717) is 5.56 Å². The van der Waals surface area contributed by atoms with Crippen LogP contribution in [0.4, 0.5) is 0 Å². The van der Waals surface area contributed by atoms with Crippen LogP contribution in [0.25, 0.3) is 0 Å². The number of hydrogen-bond acceptors (Lipinski definition) is 3. The van der Waals surface area contributed by atoms with E-state index in [9.17, 15) is 13.5 Å². The van der Waals surface area contributed by atoms with Crippen LogP contribution in [0.1, 0.15) is 24.2 Å². The van der Waals surface area contributed by atoms with Crippen LogP contribution in [-0.2, 0) is 9.84 Å². The minimum atomic E-state index is -3.44. The van der Waals surface area contributed by atoms with E-state index in [-0.39, 0.29) is 5.75 Å². The van der Waals surface area contributed by atoms with Gasteiger partial charge in [0.25, 0.3) is 0 Å². The summed E-state index contributed by atoms with van der Waals surface area (Å²) in [4.78, 5) is 0. The highest BCUT2D eigenvalue weighted by atomic mass is 35.5. The normalized spacial score (nSPS) is 15.8. The molecule has 0 aromatic heterocycles. The molecule has 0 amide bonds. The Morgan fingerprint density at radius 1 is 1.31 bits per heavy atom. The number of aliphatic hydroxyl groups excluding tert-OH is 1. The van der Waals surface area contributed by atoms with Crippen molar-refractivity contribution in [1.82, 2.24) is 0 Å². The second-order valence-electron chi connectivity index (χ2n) is 3.66. The van der Waals surface area contributed by atoms with E-state index in [1.807, 2.05) is 6.92 Å². The molecule has 1 rings (SSSR count). The maximum atomic E-state index is 11.5. The van der Waals surface area contributed by atoms with E-state index in [4.69, 9.17) is 11.6 Å². The van der Waals surface area contributed by atoms with E-state index in [1.165, 1.54) is 6.92 Å². The van der Waals surface area contributed by atoms with Gasteiger partial charge < -0.3 is 5.11 Å². The van der Waals surface area contributed by atoms with Gasteiger partial charge in [-0.15, -0.1) is 11.6 Å². The Hall–Kier alpha value is -0.580. The first-order valence-corrected chi connectivity index (χ1v) is 7.14. The molecule has 1 N–H and O–H groups in total. The van der Waals surface area contributed by atoms with E-state index in [0.717, 1.165) is 5.56 Å². The summed E-state index contributed by atoms with van der Waals surface area (Å²) in [5, 5.41) is 9.84. The van der Waals surface area contributed by atoms with Crippen molar-refractivity contribution in [3.05, 3.63) is 35.4 Å². The predicted octanol–water partition coefficient (Wildman–Crippen LogP) is 2.03. The smallest absolute Gasteiger partial charge is 0.169 e. The molecule has 0 radical (unpaired) electrons. The molecule has 3 nitrogen and oxygen atoms in total. The summed E-state index contributed by atoms with van der Waals surface area (Å²) in [7, 11) is -3.44. The molecule has 0 saturated heterocycles. The number of rotatable bonds is 4. The lowest BCUT2D eigenvalue weighted by Crippen LogP contribution is -2.24. The molecule has 2 atom stereocenters. The van der Waals surface area contributed by atoms with Crippen molar-refractivity contribution in [2.45, 2.75) is 24.7 Å². The van der Waals surface area contributed by atoms with Gasteiger partial charge >= 0.3 is 0 Å². The quantitative estimate of drug-likeness (QED) is 0.845. The van der Waals surface area contributed by atoms with Crippen LogP contribution in [0.2, 0.25) is 0 Å².